The van der Waals surface area contributed by atoms with Gasteiger partial charge in [-0.1, -0.05) is 0 Å². The van der Waals surface area contributed by atoms with Gasteiger partial charge in [0.2, 0.25) is 5.91 Å². The number of nitrogens with two attached hydrogens (primary N) is 1. The fourth-order valence-corrected chi connectivity index (χ4v) is 3.20. The van der Waals surface area contributed by atoms with Crippen molar-refractivity contribution in [3.63, 3.8) is 0 Å². The Balaban J connectivity index is 1.96. The maximum absolute atomic E-state index is 12.0. The highest BCUT2D eigenvalue weighted by atomic mass is 32.2. The van der Waals surface area contributed by atoms with Crippen LogP contribution in [-0.4, -0.2) is 41.4 Å². The summed E-state index contributed by atoms with van der Waals surface area (Å²) in [5.41, 5.74) is 6.05. The van der Waals surface area contributed by atoms with Gasteiger partial charge in [-0.25, -0.2) is 0 Å². The maximum Gasteiger partial charge on any atom is 0.235 e. The number of likely N-dealkylation sites (tertiary alicyclic amines) is 1. The quantitative estimate of drug-likeness (QED) is 0.765. The molecule has 0 aromatic heterocycles. The number of nitrogens with zero attached hydrogens (tertiary/aromatic N) is 1. The van der Waals surface area contributed by atoms with Gasteiger partial charge in [0.25, 0.3) is 0 Å². The highest BCUT2D eigenvalue weighted by Crippen LogP contribution is 2.37. The average Bonchev–Trinajstić information content (AvgIpc) is 2.79. The molecule has 4 heteroatoms. The molecule has 15 heavy (non-hydrogen) atoms. The summed E-state index contributed by atoms with van der Waals surface area (Å²) in [4.78, 5) is 14.0. The summed E-state index contributed by atoms with van der Waals surface area (Å²) in [6.45, 7) is 3.83. The molecule has 1 saturated carbocycles. The van der Waals surface area contributed by atoms with E-state index in [2.05, 4.69) is 0 Å². The van der Waals surface area contributed by atoms with Crippen LogP contribution in [0.1, 0.15) is 19.8 Å². The van der Waals surface area contributed by atoms with E-state index in [9.17, 15) is 4.79 Å². The third kappa shape index (κ3) is 2.02. The predicted octanol–water partition coefficient (Wildman–Crippen LogP) is 0.934. The van der Waals surface area contributed by atoms with Crippen molar-refractivity contribution in [2.24, 2.45) is 17.6 Å². The van der Waals surface area contributed by atoms with Gasteiger partial charge in [-0.3, -0.25) is 4.79 Å². The van der Waals surface area contributed by atoms with Crippen molar-refractivity contribution in [2.75, 3.05) is 19.3 Å². The van der Waals surface area contributed by atoms with Gasteiger partial charge in [-0.05, 0) is 37.9 Å². The normalized spacial score (nSPS) is 36.7. The van der Waals surface area contributed by atoms with Gasteiger partial charge in [0, 0.05) is 19.1 Å². The molecule has 0 aromatic carbocycles. The second kappa shape index (κ2) is 4.34. The fourth-order valence-electron chi connectivity index (χ4n) is 2.85. The molecule has 0 bridgehead atoms. The molecule has 4 atom stereocenters. The summed E-state index contributed by atoms with van der Waals surface area (Å²) in [7, 11) is 0. The third-order valence-electron chi connectivity index (χ3n) is 3.93. The molecule has 0 spiro atoms. The first kappa shape index (κ1) is 11.3. The number of hydrogen-bond donors (Lipinski definition) is 1. The van der Waals surface area contributed by atoms with Crippen LogP contribution in [0.15, 0.2) is 0 Å². The van der Waals surface area contributed by atoms with E-state index in [-0.39, 0.29) is 5.25 Å². The van der Waals surface area contributed by atoms with E-state index < -0.39 is 0 Å². The van der Waals surface area contributed by atoms with Crippen molar-refractivity contribution in [1.82, 2.24) is 4.90 Å². The zero-order valence-corrected chi connectivity index (χ0v) is 10.3. The summed E-state index contributed by atoms with van der Waals surface area (Å²) < 4.78 is 0. The van der Waals surface area contributed by atoms with Gasteiger partial charge < -0.3 is 10.6 Å². The zero-order valence-electron chi connectivity index (χ0n) is 9.48. The van der Waals surface area contributed by atoms with Crippen LogP contribution in [-0.2, 0) is 4.79 Å². The van der Waals surface area contributed by atoms with Crippen LogP contribution < -0.4 is 5.73 Å². The van der Waals surface area contributed by atoms with Crippen LogP contribution in [0.3, 0.4) is 0 Å². The molecule has 3 nitrogen and oxygen atoms in total. The van der Waals surface area contributed by atoms with Gasteiger partial charge in [0.1, 0.15) is 0 Å². The van der Waals surface area contributed by atoms with Crippen LogP contribution in [0.2, 0.25) is 0 Å². The average molecular weight is 228 g/mol. The maximum atomic E-state index is 12.0. The number of fused-ring (bicyclic) bond motifs is 1. The minimum Gasteiger partial charge on any atom is -0.341 e. The second-order valence-electron chi connectivity index (χ2n) is 4.79. The lowest BCUT2D eigenvalue weighted by atomic mass is 9.98. The van der Waals surface area contributed by atoms with Crippen molar-refractivity contribution in [1.29, 1.82) is 0 Å². The van der Waals surface area contributed by atoms with Crippen LogP contribution >= 0.6 is 11.8 Å². The SMILES string of the molecule is CSC(C)C(=O)N1CC2CCC(N)C2C1. The van der Waals surface area contributed by atoms with Crippen molar-refractivity contribution in [3.05, 3.63) is 0 Å². The Morgan fingerprint density at radius 1 is 1.47 bits per heavy atom. The molecule has 1 aliphatic carbocycles. The smallest absolute Gasteiger partial charge is 0.235 e. The lowest BCUT2D eigenvalue weighted by molar-refractivity contribution is -0.129. The molecule has 2 rings (SSSR count). The highest BCUT2D eigenvalue weighted by molar-refractivity contribution is 7.99. The van der Waals surface area contributed by atoms with Crippen LogP contribution in [0.4, 0.5) is 0 Å². The summed E-state index contributed by atoms with van der Waals surface area (Å²) in [6.07, 6.45) is 4.35. The minimum atomic E-state index is 0.0973. The second-order valence-corrected chi connectivity index (χ2v) is 5.96. The van der Waals surface area contributed by atoms with Crippen LogP contribution in [0.25, 0.3) is 0 Å². The molecule has 1 amide bonds. The molecule has 4 unspecified atom stereocenters. The Bertz CT molecular complexity index is 259. The molecule has 2 N–H and O–H groups in total. The third-order valence-corrected chi connectivity index (χ3v) is 4.83. The summed E-state index contributed by atoms with van der Waals surface area (Å²) in [6, 6.07) is 0.331. The minimum absolute atomic E-state index is 0.0973. The first-order valence-electron chi connectivity index (χ1n) is 5.70. The van der Waals surface area contributed by atoms with Crippen molar-refractivity contribution in [3.8, 4) is 0 Å². The molecular formula is C11H20N2OS. The predicted molar refractivity (Wildman–Crippen MR) is 63.7 cm³/mol. The molecule has 1 saturated heterocycles. The number of carbonyl (C=O) groups excluding carboxylic acids is 1. The van der Waals surface area contributed by atoms with Crippen LogP contribution in [0, 0.1) is 11.8 Å². The van der Waals surface area contributed by atoms with Gasteiger partial charge in [0.05, 0.1) is 5.25 Å². The van der Waals surface area contributed by atoms with Crippen LogP contribution in [0.5, 0.6) is 0 Å². The lowest BCUT2D eigenvalue weighted by Gasteiger charge is -2.21. The summed E-state index contributed by atoms with van der Waals surface area (Å²) in [5.74, 6) is 1.55. The molecule has 0 aromatic rings. The van der Waals surface area contributed by atoms with Gasteiger partial charge in [0.15, 0.2) is 0 Å². The zero-order chi connectivity index (χ0) is 11.0. The van der Waals surface area contributed by atoms with E-state index in [0.29, 0.717) is 23.8 Å². The largest absolute Gasteiger partial charge is 0.341 e. The van der Waals surface area contributed by atoms with Crippen molar-refractivity contribution < 1.29 is 4.79 Å². The van der Waals surface area contributed by atoms with Gasteiger partial charge >= 0.3 is 0 Å². The molecule has 86 valence electrons. The number of rotatable bonds is 2. The monoisotopic (exact) mass is 228 g/mol. The standard InChI is InChI=1S/C11H20N2OS/c1-7(15-2)11(14)13-5-8-3-4-10(12)9(8)6-13/h7-10H,3-6,12H2,1-2H3. The first-order valence-corrected chi connectivity index (χ1v) is 6.99. The van der Waals surface area contributed by atoms with E-state index >= 15 is 0 Å². The van der Waals surface area contributed by atoms with E-state index in [1.165, 1.54) is 6.42 Å². The van der Waals surface area contributed by atoms with E-state index in [0.717, 1.165) is 19.5 Å². The fraction of sp³-hybridized carbons (Fsp3) is 0.909. The molecule has 2 fully saturated rings. The number of thioether (sulfide) groups is 1. The first-order chi connectivity index (χ1) is 7.13. The van der Waals surface area contributed by atoms with Crippen molar-refractivity contribution >= 4 is 17.7 Å². The Labute approximate surface area is 95.8 Å². The van der Waals surface area contributed by atoms with Gasteiger partial charge in [-0.2, -0.15) is 11.8 Å². The topological polar surface area (TPSA) is 46.3 Å². The van der Waals surface area contributed by atoms with Crippen molar-refractivity contribution in [2.45, 2.75) is 31.1 Å². The summed E-state index contributed by atoms with van der Waals surface area (Å²) in [5, 5.41) is 0.0973. The Kier molecular flexibility index (Phi) is 3.26. The molecule has 1 aliphatic heterocycles. The highest BCUT2D eigenvalue weighted by Gasteiger charge is 2.42. The molecular weight excluding hydrogens is 208 g/mol. The summed E-state index contributed by atoms with van der Waals surface area (Å²) >= 11 is 1.63. The Morgan fingerprint density at radius 2 is 2.20 bits per heavy atom. The van der Waals surface area contributed by atoms with Gasteiger partial charge in [-0.15, -0.1) is 0 Å². The number of carbonyl (C=O) groups is 1. The van der Waals surface area contributed by atoms with E-state index in [1.807, 2.05) is 18.1 Å². The van der Waals surface area contributed by atoms with E-state index in [4.69, 9.17) is 5.73 Å². The molecule has 2 aliphatic rings. The number of amides is 1. The molecule has 0 radical (unpaired) electrons. The number of hydrogen-bond acceptors (Lipinski definition) is 3. The Hall–Kier alpha value is -0.220. The van der Waals surface area contributed by atoms with E-state index in [1.54, 1.807) is 11.8 Å². The Morgan fingerprint density at radius 3 is 2.80 bits per heavy atom. The molecule has 1 heterocycles. The lowest BCUT2D eigenvalue weighted by Crippen LogP contribution is -2.37.